The standard InChI is InChI=1S/C57H78FN13O5/c1-8-43(37-19-14-13-15-20-37)65-54(74)47-31-40(34-70(47)56(76)51(57(3,4)5)66-53(73)36(2)61-6)62-25-17-12-10-9-11-16-22-49(72)63-26-28-71-48-35-68(7)55(75)41-24-23-39(58)30-42(41)45-21-18-27-69(45)46-29-38(33-64-52(46)60)50(48)44(32-59)67-71/h13-15,19-20,23-24,29-30,33,36,40,43,45,47,51,61-62H,8-12,16-18,21-22,25-28,31,34-35H2,1-7H3,(H2,60,64)(H,63,72)(H,65,74)(H,66,73)/t36-,40-,43+,45-,47-,51+/m1/s1. The lowest BCUT2D eigenvalue weighted by atomic mass is 9.85. The van der Waals surface area contributed by atoms with Gasteiger partial charge in [-0.1, -0.05) is 83.7 Å². The zero-order chi connectivity index (χ0) is 54.7. The molecule has 7 N–H and O–H groups in total. The van der Waals surface area contributed by atoms with Gasteiger partial charge in [0, 0.05) is 62.0 Å². The van der Waals surface area contributed by atoms with E-state index in [2.05, 4.69) is 47.6 Å². The minimum atomic E-state index is -0.836. The number of nitrogens with zero attached hydrogens (tertiary/aromatic N) is 7. The molecule has 2 aromatic carbocycles. The van der Waals surface area contributed by atoms with Crippen LogP contribution in [0.25, 0.3) is 11.1 Å². The molecule has 0 aliphatic carbocycles. The van der Waals surface area contributed by atoms with Gasteiger partial charge in [-0.15, -0.1) is 0 Å². The van der Waals surface area contributed by atoms with E-state index in [4.69, 9.17) is 5.73 Å². The van der Waals surface area contributed by atoms with Crippen molar-refractivity contribution in [2.75, 3.05) is 50.9 Å². The van der Waals surface area contributed by atoms with Crippen LogP contribution in [0.15, 0.2) is 60.8 Å². The summed E-state index contributed by atoms with van der Waals surface area (Å²) in [7, 11) is 3.37. The number of fused-ring (bicyclic) bond motifs is 8. The number of likely N-dealkylation sites (N-methyl/N-ethyl adjacent to an activating group) is 1. The highest BCUT2D eigenvalue weighted by molar-refractivity contribution is 5.96. The molecule has 2 bridgehead atoms. The summed E-state index contributed by atoms with van der Waals surface area (Å²) in [6, 6.07) is 15.6. The van der Waals surface area contributed by atoms with Crippen LogP contribution in [0, 0.1) is 22.6 Å². The third-order valence-electron chi connectivity index (χ3n) is 15.2. The summed E-state index contributed by atoms with van der Waals surface area (Å²) in [5.74, 6) is -1.29. The second-order valence-electron chi connectivity index (χ2n) is 21.7. The topological polar surface area (TPSA) is 236 Å². The quantitative estimate of drug-likeness (QED) is 0.0507. The summed E-state index contributed by atoms with van der Waals surface area (Å²) < 4.78 is 16.5. The Morgan fingerprint density at radius 1 is 0.987 bits per heavy atom. The highest BCUT2D eigenvalue weighted by atomic mass is 19.1. The van der Waals surface area contributed by atoms with Crippen LogP contribution in [0.2, 0.25) is 0 Å². The number of nitrogens with two attached hydrogens (primary N) is 1. The van der Waals surface area contributed by atoms with Crippen molar-refractivity contribution in [1.82, 2.24) is 51.1 Å². The fourth-order valence-corrected chi connectivity index (χ4v) is 10.8. The first-order chi connectivity index (χ1) is 36.4. The lowest BCUT2D eigenvalue weighted by Crippen LogP contribution is -2.59. The molecule has 0 unspecified atom stereocenters. The summed E-state index contributed by atoms with van der Waals surface area (Å²) in [5.41, 5.74) is 10.4. The van der Waals surface area contributed by atoms with Crippen LogP contribution in [-0.2, 0) is 32.3 Å². The van der Waals surface area contributed by atoms with Gasteiger partial charge in [0.2, 0.25) is 23.6 Å². The highest BCUT2D eigenvalue weighted by Gasteiger charge is 2.45. The molecular formula is C57H78FN13O5. The largest absolute Gasteiger partial charge is 0.382 e. The Hall–Kier alpha value is -6.91. The van der Waals surface area contributed by atoms with E-state index in [-0.39, 0.29) is 73.0 Å². The van der Waals surface area contributed by atoms with E-state index in [9.17, 15) is 33.6 Å². The summed E-state index contributed by atoms with van der Waals surface area (Å²) in [6.07, 6.45) is 10.1. The summed E-state index contributed by atoms with van der Waals surface area (Å²) in [4.78, 5) is 78.6. The van der Waals surface area contributed by atoms with Gasteiger partial charge >= 0.3 is 0 Å². The second kappa shape index (κ2) is 25.8. The van der Waals surface area contributed by atoms with E-state index in [0.717, 1.165) is 57.1 Å². The molecule has 0 spiro atoms. The summed E-state index contributed by atoms with van der Waals surface area (Å²) in [6.45, 7) is 11.8. The lowest BCUT2D eigenvalue weighted by Gasteiger charge is -2.36. The maximum Gasteiger partial charge on any atom is 0.254 e. The van der Waals surface area contributed by atoms with Crippen molar-refractivity contribution in [3.05, 3.63) is 94.7 Å². The third-order valence-corrected chi connectivity index (χ3v) is 15.2. The number of unbranched alkanes of at least 4 members (excludes halogenated alkanes) is 5. The molecule has 18 nitrogen and oxygen atoms in total. The smallest absolute Gasteiger partial charge is 0.254 e. The molecule has 4 aromatic rings. The number of benzene rings is 2. The van der Waals surface area contributed by atoms with Gasteiger partial charge in [-0.3, -0.25) is 28.7 Å². The lowest BCUT2D eigenvalue weighted by molar-refractivity contribution is -0.144. The van der Waals surface area contributed by atoms with Gasteiger partial charge in [-0.2, -0.15) is 10.4 Å². The molecule has 2 saturated heterocycles. The van der Waals surface area contributed by atoms with Crippen molar-refractivity contribution >= 4 is 41.0 Å². The van der Waals surface area contributed by atoms with E-state index in [1.165, 1.54) is 18.2 Å². The SMILES string of the molecule is CC[C@H](NC(=O)[C@H]1C[C@@H](NCCCCCCCCC(=O)NCCn2nc(C#N)c3c2CN(C)C(=O)c2ccc(F)cc2[C@H]2CCCN2c2cc-3cnc2N)CN1C(=O)[C@H](NC(=O)[C@@H](C)NC)C(C)(C)C)c1ccccc1. The van der Waals surface area contributed by atoms with Crippen molar-refractivity contribution in [3.63, 3.8) is 0 Å². The van der Waals surface area contributed by atoms with Crippen molar-refractivity contribution in [1.29, 1.82) is 5.26 Å². The zero-order valence-electron chi connectivity index (χ0n) is 45.4. The number of rotatable bonds is 21. The molecule has 2 aromatic heterocycles. The van der Waals surface area contributed by atoms with Gasteiger partial charge in [-0.05, 0) is 99.8 Å². The number of likely N-dealkylation sites (tertiary alicyclic amines) is 1. The van der Waals surface area contributed by atoms with Crippen molar-refractivity contribution < 1.29 is 28.4 Å². The van der Waals surface area contributed by atoms with Gasteiger partial charge < -0.3 is 47.0 Å². The fourth-order valence-electron chi connectivity index (χ4n) is 10.8. The second-order valence-corrected chi connectivity index (χ2v) is 21.7. The molecule has 7 rings (SSSR count). The Balaban J connectivity index is 0.889. The first kappa shape index (κ1) is 56.8. The third kappa shape index (κ3) is 13.5. The van der Waals surface area contributed by atoms with Gasteiger partial charge in [-0.25, -0.2) is 9.37 Å². The van der Waals surface area contributed by atoms with Crippen LogP contribution >= 0.6 is 0 Å². The van der Waals surface area contributed by atoms with Crippen LogP contribution in [-0.4, -0.2) is 119 Å². The summed E-state index contributed by atoms with van der Waals surface area (Å²) in [5, 5.41) is 30.8. The van der Waals surface area contributed by atoms with E-state index < -0.39 is 29.4 Å². The van der Waals surface area contributed by atoms with Crippen molar-refractivity contribution in [2.24, 2.45) is 5.41 Å². The molecule has 408 valence electrons. The summed E-state index contributed by atoms with van der Waals surface area (Å²) >= 11 is 0. The molecule has 3 aliphatic heterocycles. The number of hydrogen-bond acceptors (Lipinski definition) is 12. The number of amides is 5. The minimum Gasteiger partial charge on any atom is -0.382 e. The number of nitrogen functional groups attached to an aromatic ring is 1. The van der Waals surface area contributed by atoms with Crippen molar-refractivity contribution in [3.8, 4) is 17.2 Å². The Labute approximate surface area is 447 Å². The maximum atomic E-state index is 14.8. The van der Waals surface area contributed by atoms with E-state index in [1.807, 2.05) is 64.1 Å². The Kier molecular flexibility index (Phi) is 19.3. The van der Waals surface area contributed by atoms with E-state index >= 15 is 0 Å². The zero-order valence-corrected chi connectivity index (χ0v) is 45.4. The molecule has 5 amide bonds. The molecule has 5 heterocycles. The van der Waals surface area contributed by atoms with Gasteiger partial charge in [0.15, 0.2) is 5.69 Å². The Morgan fingerprint density at radius 3 is 2.43 bits per heavy atom. The van der Waals surface area contributed by atoms with Crippen LogP contribution in [0.3, 0.4) is 0 Å². The number of aromatic nitrogens is 3. The molecule has 19 heteroatoms. The Bertz CT molecular complexity index is 2740. The fraction of sp³-hybridized carbons (Fsp3) is 0.544. The number of hydrogen-bond donors (Lipinski definition) is 6. The molecule has 6 atom stereocenters. The molecule has 3 aliphatic rings. The molecule has 0 saturated carbocycles. The molecular weight excluding hydrogens is 966 g/mol. The number of carbonyl (C=O) groups is 5. The highest BCUT2D eigenvalue weighted by Crippen LogP contribution is 2.43. The molecule has 2 fully saturated rings. The van der Waals surface area contributed by atoms with E-state index in [0.29, 0.717) is 78.2 Å². The van der Waals surface area contributed by atoms with Crippen molar-refractivity contribution in [2.45, 2.75) is 155 Å². The minimum absolute atomic E-state index is 0.0866. The first-order valence-corrected chi connectivity index (χ1v) is 27.1. The normalized spacial score (nSPS) is 18.5. The monoisotopic (exact) mass is 1040 g/mol. The van der Waals surface area contributed by atoms with Crippen LogP contribution in [0.4, 0.5) is 15.9 Å². The van der Waals surface area contributed by atoms with Crippen LogP contribution in [0.5, 0.6) is 0 Å². The average molecular weight is 1040 g/mol. The number of carbonyl (C=O) groups excluding carboxylic acids is 5. The van der Waals surface area contributed by atoms with Crippen LogP contribution in [0.1, 0.15) is 150 Å². The predicted octanol–water partition coefficient (Wildman–Crippen LogP) is 6.28. The number of pyridine rings is 1. The number of nitriles is 1. The number of anilines is 2. The van der Waals surface area contributed by atoms with Crippen LogP contribution < -0.4 is 37.2 Å². The number of halogens is 1. The Morgan fingerprint density at radius 2 is 1.72 bits per heavy atom. The van der Waals surface area contributed by atoms with Gasteiger partial charge in [0.25, 0.3) is 5.91 Å². The predicted molar refractivity (Wildman–Crippen MR) is 291 cm³/mol. The van der Waals surface area contributed by atoms with Gasteiger partial charge in [0.1, 0.15) is 29.8 Å². The van der Waals surface area contributed by atoms with Gasteiger partial charge in [0.05, 0.1) is 42.6 Å². The number of nitrogens with one attached hydrogen (secondary N) is 5. The molecule has 0 radical (unpaired) electrons. The molecule has 76 heavy (non-hydrogen) atoms. The maximum absolute atomic E-state index is 14.8. The average Bonchev–Trinajstić information content (AvgIpc) is 4.16. The first-order valence-electron chi connectivity index (χ1n) is 27.1. The van der Waals surface area contributed by atoms with E-state index in [1.54, 1.807) is 41.7 Å².